The van der Waals surface area contributed by atoms with E-state index in [-0.39, 0.29) is 18.1 Å². The zero-order valence-electron chi connectivity index (χ0n) is 8.07. The monoisotopic (exact) mass is 223 g/mol. The molecule has 0 unspecified atom stereocenters. The number of ketones is 1. The number of rotatable bonds is 1. The summed E-state index contributed by atoms with van der Waals surface area (Å²) in [6.07, 6.45) is 0.455. The van der Waals surface area contributed by atoms with Gasteiger partial charge in [-0.3, -0.25) is 9.59 Å². The van der Waals surface area contributed by atoms with Crippen LogP contribution in [0.4, 0.5) is 5.69 Å². The average molecular weight is 224 g/mol. The number of Topliss-reactive ketones (excluding diaryl/α,β-unsaturated/α-hetero) is 1. The first-order valence-electron chi connectivity index (χ1n) is 4.74. The van der Waals surface area contributed by atoms with Crippen LogP contribution in [0.25, 0.3) is 0 Å². The minimum absolute atomic E-state index is 0.0165. The van der Waals surface area contributed by atoms with Gasteiger partial charge in [-0.25, -0.2) is 0 Å². The second kappa shape index (κ2) is 4.03. The van der Waals surface area contributed by atoms with Crippen LogP contribution in [0, 0.1) is 0 Å². The minimum atomic E-state index is -0.131. The number of halogens is 1. The lowest BCUT2D eigenvalue weighted by atomic mass is 10.1. The van der Waals surface area contributed by atoms with Gasteiger partial charge in [0, 0.05) is 23.7 Å². The second-order valence-electron chi connectivity index (χ2n) is 3.49. The van der Waals surface area contributed by atoms with Crippen molar-refractivity contribution >= 4 is 29.0 Å². The molecule has 1 aliphatic heterocycles. The lowest BCUT2D eigenvalue weighted by Crippen LogP contribution is -2.38. The van der Waals surface area contributed by atoms with Crippen LogP contribution >= 0.6 is 11.6 Å². The van der Waals surface area contributed by atoms with E-state index in [0.29, 0.717) is 18.0 Å². The first-order chi connectivity index (χ1) is 7.16. The molecule has 1 saturated heterocycles. The molecule has 1 aromatic rings. The van der Waals surface area contributed by atoms with E-state index in [1.54, 1.807) is 29.2 Å². The summed E-state index contributed by atoms with van der Waals surface area (Å²) in [7, 11) is 0. The molecular weight excluding hydrogens is 214 g/mol. The van der Waals surface area contributed by atoms with Crippen LogP contribution in [0.15, 0.2) is 24.3 Å². The Morgan fingerprint density at radius 1 is 1.13 bits per heavy atom. The molecule has 1 aromatic carbocycles. The Hall–Kier alpha value is -1.35. The summed E-state index contributed by atoms with van der Waals surface area (Å²) in [5.74, 6) is -0.112. The summed E-state index contributed by atoms with van der Waals surface area (Å²) in [4.78, 5) is 24.2. The van der Waals surface area contributed by atoms with Crippen LogP contribution < -0.4 is 4.90 Å². The molecule has 0 aromatic heterocycles. The number of carbonyl (C=O) groups is 2. The summed E-state index contributed by atoms with van der Waals surface area (Å²) in [5.41, 5.74) is 0.803. The zero-order valence-corrected chi connectivity index (χ0v) is 8.83. The molecule has 0 saturated carbocycles. The highest BCUT2D eigenvalue weighted by Crippen LogP contribution is 2.21. The smallest absolute Gasteiger partial charge is 0.234 e. The topological polar surface area (TPSA) is 37.4 Å². The van der Waals surface area contributed by atoms with E-state index in [1.165, 1.54) is 0 Å². The van der Waals surface area contributed by atoms with Crippen molar-refractivity contribution in [3.8, 4) is 0 Å². The van der Waals surface area contributed by atoms with Crippen LogP contribution in [0.1, 0.15) is 12.8 Å². The van der Waals surface area contributed by atoms with Gasteiger partial charge in [0.15, 0.2) is 0 Å². The standard InChI is InChI=1S/C11H10ClNO2/c12-8-1-3-9(4-2-8)13-6-5-10(14)7-11(13)15/h1-4H,5-7H2. The van der Waals surface area contributed by atoms with Crippen LogP contribution in [-0.4, -0.2) is 18.2 Å². The molecule has 3 nitrogen and oxygen atoms in total. The van der Waals surface area contributed by atoms with Crippen molar-refractivity contribution in [1.29, 1.82) is 0 Å². The van der Waals surface area contributed by atoms with E-state index in [0.717, 1.165) is 5.69 Å². The molecule has 4 heteroatoms. The maximum atomic E-state index is 11.6. The Morgan fingerprint density at radius 2 is 1.80 bits per heavy atom. The van der Waals surface area contributed by atoms with Gasteiger partial charge in [0.1, 0.15) is 5.78 Å². The third kappa shape index (κ3) is 2.18. The number of carbonyl (C=O) groups excluding carboxylic acids is 2. The summed E-state index contributed by atoms with van der Waals surface area (Å²) in [6.45, 7) is 0.472. The van der Waals surface area contributed by atoms with E-state index in [4.69, 9.17) is 11.6 Å². The van der Waals surface area contributed by atoms with Crippen molar-refractivity contribution < 1.29 is 9.59 Å². The summed E-state index contributed by atoms with van der Waals surface area (Å²) in [6, 6.07) is 7.05. The van der Waals surface area contributed by atoms with Gasteiger partial charge in [0.2, 0.25) is 5.91 Å². The van der Waals surface area contributed by atoms with Gasteiger partial charge >= 0.3 is 0 Å². The van der Waals surface area contributed by atoms with E-state index < -0.39 is 0 Å². The van der Waals surface area contributed by atoms with E-state index in [1.807, 2.05) is 0 Å². The molecule has 0 N–H and O–H groups in total. The fraction of sp³-hybridized carbons (Fsp3) is 0.273. The number of piperidine rings is 1. The minimum Gasteiger partial charge on any atom is -0.312 e. The van der Waals surface area contributed by atoms with Crippen LogP contribution in [0.2, 0.25) is 5.02 Å². The highest BCUT2D eigenvalue weighted by atomic mass is 35.5. The molecule has 0 bridgehead atoms. The van der Waals surface area contributed by atoms with E-state index in [9.17, 15) is 9.59 Å². The third-order valence-corrected chi connectivity index (χ3v) is 2.65. The summed E-state index contributed by atoms with van der Waals surface area (Å²) >= 11 is 5.75. The first-order valence-corrected chi connectivity index (χ1v) is 5.12. The van der Waals surface area contributed by atoms with Gasteiger partial charge in [-0.1, -0.05) is 11.6 Å². The van der Waals surface area contributed by atoms with Crippen molar-refractivity contribution in [3.63, 3.8) is 0 Å². The molecule has 1 amide bonds. The number of anilines is 1. The quantitative estimate of drug-likeness (QED) is 0.684. The molecule has 0 atom stereocenters. The molecule has 1 aliphatic rings. The van der Waals surface area contributed by atoms with Gasteiger partial charge in [-0.2, -0.15) is 0 Å². The van der Waals surface area contributed by atoms with Crippen molar-refractivity contribution in [2.24, 2.45) is 0 Å². The number of benzene rings is 1. The normalized spacial score (nSPS) is 17.0. The second-order valence-corrected chi connectivity index (χ2v) is 3.92. The summed E-state index contributed by atoms with van der Waals surface area (Å²) < 4.78 is 0. The van der Waals surface area contributed by atoms with Gasteiger partial charge in [-0.15, -0.1) is 0 Å². The van der Waals surface area contributed by atoms with Crippen LogP contribution in [0.5, 0.6) is 0 Å². The Bertz CT molecular complexity index is 400. The Morgan fingerprint density at radius 3 is 2.40 bits per heavy atom. The SMILES string of the molecule is O=C1CCN(c2ccc(Cl)cc2)C(=O)C1. The number of hydrogen-bond donors (Lipinski definition) is 0. The average Bonchev–Trinajstić information content (AvgIpc) is 2.20. The number of nitrogens with zero attached hydrogens (tertiary/aromatic N) is 1. The predicted octanol–water partition coefficient (Wildman–Crippen LogP) is 2.04. The summed E-state index contributed by atoms with van der Waals surface area (Å²) in [5, 5.41) is 0.638. The Balaban J connectivity index is 2.20. The lowest BCUT2D eigenvalue weighted by Gasteiger charge is -2.26. The zero-order chi connectivity index (χ0) is 10.8. The molecule has 0 radical (unpaired) electrons. The van der Waals surface area contributed by atoms with Crippen molar-refractivity contribution in [3.05, 3.63) is 29.3 Å². The van der Waals surface area contributed by atoms with Gasteiger partial charge < -0.3 is 4.90 Å². The highest BCUT2D eigenvalue weighted by molar-refractivity contribution is 6.30. The highest BCUT2D eigenvalue weighted by Gasteiger charge is 2.24. The van der Waals surface area contributed by atoms with Gasteiger partial charge in [-0.05, 0) is 24.3 Å². The fourth-order valence-electron chi connectivity index (χ4n) is 1.61. The van der Waals surface area contributed by atoms with Crippen LogP contribution in [0.3, 0.4) is 0 Å². The molecule has 1 fully saturated rings. The fourth-order valence-corrected chi connectivity index (χ4v) is 1.73. The van der Waals surface area contributed by atoms with E-state index >= 15 is 0 Å². The van der Waals surface area contributed by atoms with Gasteiger partial charge in [0.25, 0.3) is 0 Å². The largest absolute Gasteiger partial charge is 0.312 e. The molecule has 0 aliphatic carbocycles. The molecule has 1 heterocycles. The molecule has 2 rings (SSSR count). The Kier molecular flexibility index (Phi) is 2.73. The van der Waals surface area contributed by atoms with Crippen LogP contribution in [-0.2, 0) is 9.59 Å². The maximum Gasteiger partial charge on any atom is 0.234 e. The van der Waals surface area contributed by atoms with Crippen molar-refractivity contribution in [2.75, 3.05) is 11.4 Å². The third-order valence-electron chi connectivity index (χ3n) is 2.40. The van der Waals surface area contributed by atoms with Crippen molar-refractivity contribution in [1.82, 2.24) is 0 Å². The molecule has 15 heavy (non-hydrogen) atoms. The molecular formula is C11H10ClNO2. The Labute approximate surface area is 92.6 Å². The maximum absolute atomic E-state index is 11.6. The predicted molar refractivity (Wildman–Crippen MR) is 58.0 cm³/mol. The van der Waals surface area contributed by atoms with Gasteiger partial charge in [0.05, 0.1) is 6.42 Å². The molecule has 78 valence electrons. The number of hydrogen-bond acceptors (Lipinski definition) is 2. The van der Waals surface area contributed by atoms with Crippen molar-refractivity contribution in [2.45, 2.75) is 12.8 Å². The lowest BCUT2D eigenvalue weighted by molar-refractivity contribution is -0.128. The van der Waals surface area contributed by atoms with E-state index in [2.05, 4.69) is 0 Å². The number of amides is 1. The first kappa shape index (κ1) is 10.2. The molecule has 0 spiro atoms.